The molecule has 3 N–H and O–H groups in total. The van der Waals surface area contributed by atoms with Crippen LogP contribution in [0.25, 0.3) is 0 Å². The summed E-state index contributed by atoms with van der Waals surface area (Å²) in [5, 5.41) is 8.48. The molecule has 0 bridgehead atoms. The number of hydrogen-bond donors (Lipinski definition) is 3. The molecule has 0 spiro atoms. The lowest BCUT2D eigenvalue weighted by atomic mass is 10.5. The smallest absolute Gasteiger partial charge is 0.310 e. The van der Waals surface area contributed by atoms with E-state index in [0.29, 0.717) is 0 Å². The molecule has 0 heterocycles. The van der Waals surface area contributed by atoms with E-state index in [2.05, 4.69) is 4.52 Å². The van der Waals surface area contributed by atoms with Crippen LogP contribution in [0.5, 0.6) is 0 Å². The van der Waals surface area contributed by atoms with Gasteiger partial charge in [0.25, 0.3) is 0 Å². The van der Waals surface area contributed by atoms with Crippen molar-refractivity contribution in [3.8, 4) is 0 Å². The minimum atomic E-state index is -5.15. The third-order valence-corrected chi connectivity index (χ3v) is 3.40. The zero-order valence-corrected chi connectivity index (χ0v) is 8.27. The number of nitrogens with zero attached hydrogens (tertiary/aromatic N) is 1. The monoisotopic (exact) mass is 234 g/mol. The highest BCUT2D eigenvalue weighted by molar-refractivity contribution is 7.88. The minimum Gasteiger partial charge on any atom is -0.310 e. The zero-order valence-electron chi connectivity index (χ0n) is 6.56. The van der Waals surface area contributed by atoms with Crippen molar-refractivity contribution in [3.05, 3.63) is 6.42 Å². The minimum absolute atomic E-state index is 0.347. The first-order chi connectivity index (χ1) is 5.72. The molecule has 79 valence electrons. The van der Waals surface area contributed by atoms with Gasteiger partial charge in [-0.1, -0.05) is 6.92 Å². The molecule has 0 saturated carbocycles. The summed E-state index contributed by atoms with van der Waals surface area (Å²) in [5.41, 5.74) is 0. The summed E-state index contributed by atoms with van der Waals surface area (Å²) in [4.78, 5) is 8.70. The quantitative estimate of drug-likeness (QED) is 0.342. The fourth-order valence-corrected chi connectivity index (χ4v) is 1.98. The van der Waals surface area contributed by atoms with Crippen molar-refractivity contribution < 1.29 is 32.2 Å². The van der Waals surface area contributed by atoms with E-state index < -0.39 is 22.3 Å². The Morgan fingerprint density at radius 2 is 2.08 bits per heavy atom. The summed E-state index contributed by atoms with van der Waals surface area (Å²) in [7, 11) is -10.1. The number of hydrogen-bond acceptors (Lipinski definition) is 5. The molecule has 13 heavy (non-hydrogen) atoms. The van der Waals surface area contributed by atoms with E-state index in [4.69, 9.17) is 14.7 Å². The Balaban J connectivity index is 4.56. The molecule has 0 amide bonds. The maximum absolute atomic E-state index is 10.8. The molecule has 0 aromatic rings. The topological polar surface area (TPSA) is 124 Å². The van der Waals surface area contributed by atoms with Crippen LogP contribution in [0.3, 0.4) is 0 Å². The molecule has 0 fully saturated rings. The first-order valence-electron chi connectivity index (χ1n) is 2.94. The van der Waals surface area contributed by atoms with Crippen LogP contribution in [0.2, 0.25) is 0 Å². The second-order valence-corrected chi connectivity index (χ2v) is 5.03. The van der Waals surface area contributed by atoms with E-state index in [1.807, 2.05) is 0 Å². The van der Waals surface area contributed by atoms with Gasteiger partial charge >= 0.3 is 18.1 Å². The van der Waals surface area contributed by atoms with Crippen LogP contribution in [0, 0.1) is 6.42 Å². The summed E-state index contributed by atoms with van der Waals surface area (Å²) in [6.07, 6.45) is 1.31. The lowest BCUT2D eigenvalue weighted by molar-refractivity contribution is 0.0405. The molecular formula is C3H9NO7PS. The summed E-state index contributed by atoms with van der Waals surface area (Å²) < 4.78 is 42.2. The van der Waals surface area contributed by atoms with Crippen LogP contribution >= 0.6 is 7.75 Å². The molecule has 0 saturated heterocycles. The highest BCUT2D eigenvalue weighted by Crippen LogP contribution is 2.46. The molecule has 10 heteroatoms. The van der Waals surface area contributed by atoms with Gasteiger partial charge in [-0.15, -0.1) is 0 Å². The third-order valence-electron chi connectivity index (χ3n) is 0.832. The van der Waals surface area contributed by atoms with Crippen molar-refractivity contribution in [2.75, 3.05) is 6.61 Å². The molecule has 8 nitrogen and oxygen atoms in total. The van der Waals surface area contributed by atoms with Gasteiger partial charge < -0.3 is 4.89 Å². The van der Waals surface area contributed by atoms with E-state index in [0.717, 1.165) is 0 Å². The summed E-state index contributed by atoms with van der Waals surface area (Å²) in [6.45, 7) is 1.13. The van der Waals surface area contributed by atoms with Crippen LogP contribution in [-0.2, 0) is 19.4 Å². The Bertz CT molecular complexity index is 299. The van der Waals surface area contributed by atoms with E-state index in [1.165, 1.54) is 13.3 Å². The fourth-order valence-electron chi connectivity index (χ4n) is 0.351. The normalized spacial score (nSPS) is 17.3. The number of rotatable bonds is 5. The van der Waals surface area contributed by atoms with Crippen LogP contribution in [-0.4, -0.2) is 33.9 Å². The Morgan fingerprint density at radius 3 is 2.38 bits per heavy atom. The Hall–Kier alpha value is -0.0200. The first kappa shape index (κ1) is 13.0. The Kier molecular flexibility index (Phi) is 4.46. The molecule has 0 aliphatic rings. The van der Waals surface area contributed by atoms with E-state index in [1.54, 1.807) is 0 Å². The average molecular weight is 234 g/mol. The lowest BCUT2D eigenvalue weighted by Gasteiger charge is -2.16. The van der Waals surface area contributed by atoms with Crippen molar-refractivity contribution in [2.45, 2.75) is 6.92 Å². The second-order valence-electron chi connectivity index (χ2n) is 1.90. The standard InChI is InChI=1S/C3H9NO7PS/c1-2-3-11-12(6,7)4(5)13(8,9)10/h2,5H,3H2,1H3,(H,6,7)(H,8,9,10). The van der Waals surface area contributed by atoms with E-state index in [-0.39, 0.29) is 6.61 Å². The van der Waals surface area contributed by atoms with Crippen molar-refractivity contribution >= 4 is 18.1 Å². The van der Waals surface area contributed by atoms with Gasteiger partial charge in [0, 0.05) is 4.24 Å². The van der Waals surface area contributed by atoms with Crippen LogP contribution in [0.4, 0.5) is 0 Å². The second kappa shape index (κ2) is 4.47. The van der Waals surface area contributed by atoms with Crippen LogP contribution in [0.15, 0.2) is 0 Å². The van der Waals surface area contributed by atoms with Gasteiger partial charge in [-0.05, 0) is 6.42 Å². The molecule has 0 rings (SSSR count). The van der Waals surface area contributed by atoms with Gasteiger partial charge in [-0.2, -0.15) is 8.42 Å². The molecule has 1 radical (unpaired) electrons. The third kappa shape index (κ3) is 4.14. The van der Waals surface area contributed by atoms with Gasteiger partial charge in [0.15, 0.2) is 0 Å². The molecule has 0 aromatic carbocycles. The van der Waals surface area contributed by atoms with Crippen LogP contribution in [0.1, 0.15) is 6.92 Å². The van der Waals surface area contributed by atoms with Crippen molar-refractivity contribution in [1.29, 1.82) is 0 Å². The summed E-state index contributed by atoms with van der Waals surface area (Å²) in [6, 6.07) is 0. The molecular weight excluding hydrogens is 225 g/mol. The van der Waals surface area contributed by atoms with Gasteiger partial charge in [-0.25, -0.2) is 4.57 Å². The predicted molar refractivity (Wildman–Crippen MR) is 40.9 cm³/mol. The first-order valence-corrected chi connectivity index (χ1v) is 5.87. The van der Waals surface area contributed by atoms with Crippen molar-refractivity contribution in [1.82, 2.24) is 4.24 Å². The molecule has 1 unspecified atom stereocenters. The zero-order chi connectivity index (χ0) is 10.7. The molecule has 0 aromatic heterocycles. The maximum atomic E-state index is 10.8. The van der Waals surface area contributed by atoms with Crippen molar-refractivity contribution in [3.63, 3.8) is 0 Å². The van der Waals surface area contributed by atoms with Crippen LogP contribution < -0.4 is 0 Å². The van der Waals surface area contributed by atoms with E-state index in [9.17, 15) is 13.0 Å². The fraction of sp³-hybridized carbons (Fsp3) is 0.667. The lowest BCUT2D eigenvalue weighted by Crippen LogP contribution is -2.24. The summed E-state index contributed by atoms with van der Waals surface area (Å²) >= 11 is 0. The maximum Gasteiger partial charge on any atom is 0.445 e. The van der Waals surface area contributed by atoms with Gasteiger partial charge in [0.05, 0.1) is 6.61 Å². The Morgan fingerprint density at radius 1 is 1.62 bits per heavy atom. The SMILES string of the molecule is C[CH]COP(=O)(O)N(O)S(=O)(=O)O. The molecule has 0 aliphatic heterocycles. The largest absolute Gasteiger partial charge is 0.445 e. The highest BCUT2D eigenvalue weighted by Gasteiger charge is 2.37. The van der Waals surface area contributed by atoms with Gasteiger partial charge in [-0.3, -0.25) is 14.3 Å². The molecule has 1 atom stereocenters. The predicted octanol–water partition coefficient (Wildman–Crippen LogP) is -0.178. The molecule has 0 aliphatic carbocycles. The van der Waals surface area contributed by atoms with Gasteiger partial charge in [0.2, 0.25) is 0 Å². The van der Waals surface area contributed by atoms with Gasteiger partial charge in [0.1, 0.15) is 0 Å². The van der Waals surface area contributed by atoms with Crippen molar-refractivity contribution in [2.24, 2.45) is 0 Å². The van der Waals surface area contributed by atoms with E-state index >= 15 is 0 Å². The highest BCUT2D eigenvalue weighted by atomic mass is 32.2. The average Bonchev–Trinajstić information content (AvgIpc) is 1.98. The Labute approximate surface area is 75.2 Å². The summed E-state index contributed by atoms with van der Waals surface area (Å²) in [5.74, 6) is 0.